The molecule has 1 rings (SSSR count). The Morgan fingerprint density at radius 3 is 3.07 bits per heavy atom. The molecule has 2 nitrogen and oxygen atoms in total. The third-order valence-corrected chi connectivity index (χ3v) is 2.95. The molecule has 88 valence electrons. The van der Waals surface area contributed by atoms with Crippen molar-refractivity contribution in [2.24, 2.45) is 5.92 Å². The minimum atomic E-state index is 0.818. The fraction of sp³-hybridized carbons (Fsp3) is 0.846. The largest absolute Gasteiger partial charge is 0.377 e. The van der Waals surface area contributed by atoms with Crippen LogP contribution in [0.2, 0.25) is 0 Å². The maximum atomic E-state index is 5.28. The van der Waals surface area contributed by atoms with Crippen molar-refractivity contribution in [3.63, 3.8) is 0 Å². The Morgan fingerprint density at radius 2 is 2.40 bits per heavy atom. The van der Waals surface area contributed by atoms with Gasteiger partial charge in [0.1, 0.15) is 0 Å². The van der Waals surface area contributed by atoms with Crippen LogP contribution in [0.3, 0.4) is 0 Å². The number of nitrogens with one attached hydrogen (secondary N) is 1. The SMILES string of the molecule is CCCC(C)CNCCC1=CCOCC1. The highest BCUT2D eigenvalue weighted by Gasteiger charge is 2.03. The topological polar surface area (TPSA) is 21.3 Å². The van der Waals surface area contributed by atoms with Crippen LogP contribution in [-0.2, 0) is 4.74 Å². The Bertz CT molecular complexity index is 189. The van der Waals surface area contributed by atoms with Crippen LogP contribution in [0.25, 0.3) is 0 Å². The third-order valence-electron chi connectivity index (χ3n) is 2.95. The maximum absolute atomic E-state index is 5.28. The van der Waals surface area contributed by atoms with Gasteiger partial charge in [-0.15, -0.1) is 0 Å². The molecule has 0 saturated heterocycles. The molecule has 0 spiro atoms. The molecular weight excluding hydrogens is 186 g/mol. The summed E-state index contributed by atoms with van der Waals surface area (Å²) in [5.74, 6) is 0.818. The minimum Gasteiger partial charge on any atom is -0.377 e. The average molecular weight is 211 g/mol. The van der Waals surface area contributed by atoms with Crippen molar-refractivity contribution in [3.05, 3.63) is 11.6 Å². The number of hydrogen-bond donors (Lipinski definition) is 1. The molecule has 1 aliphatic rings. The first-order valence-electron chi connectivity index (χ1n) is 6.29. The Labute approximate surface area is 94.1 Å². The molecule has 0 saturated carbocycles. The van der Waals surface area contributed by atoms with Gasteiger partial charge in [0.05, 0.1) is 13.2 Å². The standard InChI is InChI=1S/C13H25NO/c1-3-4-12(2)11-14-8-5-13-6-9-15-10-7-13/h6,12,14H,3-5,7-11H2,1-2H3. The van der Waals surface area contributed by atoms with Crippen molar-refractivity contribution in [1.29, 1.82) is 0 Å². The van der Waals surface area contributed by atoms with Gasteiger partial charge < -0.3 is 10.1 Å². The summed E-state index contributed by atoms with van der Waals surface area (Å²) in [5.41, 5.74) is 1.57. The lowest BCUT2D eigenvalue weighted by Crippen LogP contribution is -2.23. The molecule has 0 fully saturated rings. The van der Waals surface area contributed by atoms with E-state index in [1.807, 2.05) is 0 Å². The van der Waals surface area contributed by atoms with Crippen LogP contribution in [0.15, 0.2) is 11.6 Å². The van der Waals surface area contributed by atoms with Crippen molar-refractivity contribution in [2.45, 2.75) is 39.5 Å². The van der Waals surface area contributed by atoms with E-state index in [0.717, 1.165) is 38.6 Å². The number of ether oxygens (including phenoxy) is 1. The minimum absolute atomic E-state index is 0.818. The molecule has 1 heterocycles. The Kier molecular flexibility index (Phi) is 6.69. The molecule has 0 aromatic rings. The van der Waals surface area contributed by atoms with Crippen LogP contribution >= 0.6 is 0 Å². The monoisotopic (exact) mass is 211 g/mol. The van der Waals surface area contributed by atoms with E-state index < -0.39 is 0 Å². The molecule has 0 bridgehead atoms. The van der Waals surface area contributed by atoms with Gasteiger partial charge in [0.2, 0.25) is 0 Å². The zero-order chi connectivity index (χ0) is 10.9. The van der Waals surface area contributed by atoms with E-state index in [2.05, 4.69) is 25.2 Å². The first kappa shape index (κ1) is 12.7. The summed E-state index contributed by atoms with van der Waals surface area (Å²) in [6, 6.07) is 0. The van der Waals surface area contributed by atoms with Crippen molar-refractivity contribution in [2.75, 3.05) is 26.3 Å². The molecule has 2 heteroatoms. The van der Waals surface area contributed by atoms with E-state index in [1.54, 1.807) is 5.57 Å². The van der Waals surface area contributed by atoms with Crippen LogP contribution in [0.1, 0.15) is 39.5 Å². The summed E-state index contributed by atoms with van der Waals surface area (Å²) < 4.78 is 5.28. The van der Waals surface area contributed by atoms with Crippen molar-refractivity contribution in [1.82, 2.24) is 5.32 Å². The van der Waals surface area contributed by atoms with E-state index in [0.29, 0.717) is 0 Å². The Morgan fingerprint density at radius 1 is 1.53 bits per heavy atom. The Hall–Kier alpha value is -0.340. The molecule has 0 aromatic heterocycles. The van der Waals surface area contributed by atoms with Gasteiger partial charge in [-0.2, -0.15) is 0 Å². The van der Waals surface area contributed by atoms with E-state index in [-0.39, 0.29) is 0 Å². The summed E-state index contributed by atoms with van der Waals surface area (Å²) in [6.07, 6.45) is 7.20. The first-order chi connectivity index (χ1) is 7.33. The second-order valence-corrected chi connectivity index (χ2v) is 4.54. The summed E-state index contributed by atoms with van der Waals surface area (Å²) in [7, 11) is 0. The van der Waals surface area contributed by atoms with Crippen LogP contribution < -0.4 is 5.32 Å². The number of hydrogen-bond acceptors (Lipinski definition) is 2. The lowest BCUT2D eigenvalue weighted by molar-refractivity contribution is 0.153. The molecule has 0 amide bonds. The molecule has 0 aromatic carbocycles. The van der Waals surface area contributed by atoms with Crippen molar-refractivity contribution in [3.8, 4) is 0 Å². The first-order valence-corrected chi connectivity index (χ1v) is 6.29. The van der Waals surface area contributed by atoms with Crippen LogP contribution in [0.5, 0.6) is 0 Å². The number of rotatable bonds is 7. The Balaban J connectivity index is 1.98. The van der Waals surface area contributed by atoms with Gasteiger partial charge in [-0.3, -0.25) is 0 Å². The zero-order valence-corrected chi connectivity index (χ0v) is 10.2. The molecule has 1 aliphatic heterocycles. The van der Waals surface area contributed by atoms with E-state index in [4.69, 9.17) is 4.74 Å². The third kappa shape index (κ3) is 5.95. The fourth-order valence-electron chi connectivity index (χ4n) is 1.98. The van der Waals surface area contributed by atoms with Gasteiger partial charge in [-0.1, -0.05) is 31.9 Å². The van der Waals surface area contributed by atoms with Crippen LogP contribution in [0.4, 0.5) is 0 Å². The maximum Gasteiger partial charge on any atom is 0.0650 e. The van der Waals surface area contributed by atoms with Gasteiger partial charge in [0, 0.05) is 0 Å². The van der Waals surface area contributed by atoms with Gasteiger partial charge in [0.25, 0.3) is 0 Å². The highest BCUT2D eigenvalue weighted by atomic mass is 16.5. The molecule has 15 heavy (non-hydrogen) atoms. The lowest BCUT2D eigenvalue weighted by Gasteiger charge is -2.15. The van der Waals surface area contributed by atoms with E-state index in [1.165, 1.54) is 19.3 Å². The van der Waals surface area contributed by atoms with Crippen molar-refractivity contribution < 1.29 is 4.74 Å². The molecule has 0 radical (unpaired) electrons. The van der Waals surface area contributed by atoms with Gasteiger partial charge in [0.15, 0.2) is 0 Å². The quantitative estimate of drug-likeness (QED) is 0.516. The smallest absolute Gasteiger partial charge is 0.0650 e. The summed E-state index contributed by atoms with van der Waals surface area (Å²) in [6.45, 7) is 8.60. The second-order valence-electron chi connectivity index (χ2n) is 4.54. The lowest BCUT2D eigenvalue weighted by atomic mass is 10.1. The van der Waals surface area contributed by atoms with Gasteiger partial charge in [-0.25, -0.2) is 0 Å². The van der Waals surface area contributed by atoms with E-state index >= 15 is 0 Å². The second kappa shape index (κ2) is 7.89. The van der Waals surface area contributed by atoms with E-state index in [9.17, 15) is 0 Å². The normalized spacial score (nSPS) is 18.7. The zero-order valence-electron chi connectivity index (χ0n) is 10.2. The highest BCUT2D eigenvalue weighted by molar-refractivity contribution is 5.04. The molecule has 1 unspecified atom stereocenters. The summed E-state index contributed by atoms with van der Waals surface area (Å²) in [5, 5.41) is 3.54. The molecular formula is C13H25NO. The fourth-order valence-corrected chi connectivity index (χ4v) is 1.98. The molecule has 1 atom stereocenters. The summed E-state index contributed by atoms with van der Waals surface area (Å²) >= 11 is 0. The summed E-state index contributed by atoms with van der Waals surface area (Å²) in [4.78, 5) is 0. The molecule has 0 aliphatic carbocycles. The van der Waals surface area contributed by atoms with Crippen molar-refractivity contribution >= 4 is 0 Å². The van der Waals surface area contributed by atoms with Gasteiger partial charge >= 0.3 is 0 Å². The average Bonchev–Trinajstić information content (AvgIpc) is 2.26. The van der Waals surface area contributed by atoms with Gasteiger partial charge in [-0.05, 0) is 38.3 Å². The predicted molar refractivity (Wildman–Crippen MR) is 65.1 cm³/mol. The highest BCUT2D eigenvalue weighted by Crippen LogP contribution is 2.11. The predicted octanol–water partition coefficient (Wildman–Crippen LogP) is 2.75. The molecule has 1 N–H and O–H groups in total. The van der Waals surface area contributed by atoms with Crippen LogP contribution in [0, 0.1) is 5.92 Å². The van der Waals surface area contributed by atoms with Crippen LogP contribution in [-0.4, -0.2) is 26.3 Å².